The van der Waals surface area contributed by atoms with Crippen molar-refractivity contribution in [2.45, 2.75) is 0 Å². The summed E-state index contributed by atoms with van der Waals surface area (Å²) < 4.78 is 6.51. The Hall–Kier alpha value is -2.27. The van der Waals surface area contributed by atoms with E-state index in [1.165, 1.54) is 0 Å². The lowest BCUT2D eigenvalue weighted by Crippen LogP contribution is -1.86. The van der Waals surface area contributed by atoms with Crippen molar-refractivity contribution in [3.8, 4) is 22.8 Å². The van der Waals surface area contributed by atoms with Crippen molar-refractivity contribution < 1.29 is 4.74 Å². The number of imidazole rings is 1. The van der Waals surface area contributed by atoms with E-state index in [2.05, 4.69) is 25.9 Å². The normalized spacial score (nSPS) is 10.4. The summed E-state index contributed by atoms with van der Waals surface area (Å²) >= 11 is 3.40. The number of nitrogen functional groups attached to an aromatic ring is 1. The third kappa shape index (κ3) is 2.67. The van der Waals surface area contributed by atoms with Crippen LogP contribution in [0.5, 0.6) is 11.5 Å². The maximum Gasteiger partial charge on any atom is 0.198 e. The highest BCUT2D eigenvalue weighted by atomic mass is 79.9. The number of halogens is 1. The lowest BCUT2D eigenvalue weighted by Gasteiger charge is -2.06. The van der Waals surface area contributed by atoms with Gasteiger partial charge in [0.15, 0.2) is 5.95 Å². The number of nitrogens with two attached hydrogens (primary N) is 1. The van der Waals surface area contributed by atoms with Crippen LogP contribution in [0, 0.1) is 0 Å². The number of aromatic amines is 1. The van der Waals surface area contributed by atoms with E-state index in [1.807, 2.05) is 54.6 Å². The lowest BCUT2D eigenvalue weighted by molar-refractivity contribution is 0.483. The summed E-state index contributed by atoms with van der Waals surface area (Å²) in [4.78, 5) is 7.14. The van der Waals surface area contributed by atoms with Gasteiger partial charge in [0.1, 0.15) is 21.8 Å². The second kappa shape index (κ2) is 5.38. The largest absolute Gasteiger partial charge is 0.457 e. The van der Waals surface area contributed by atoms with Crippen LogP contribution in [-0.2, 0) is 0 Å². The van der Waals surface area contributed by atoms with E-state index in [-0.39, 0.29) is 0 Å². The Labute approximate surface area is 124 Å². The van der Waals surface area contributed by atoms with Gasteiger partial charge in [0, 0.05) is 5.56 Å². The van der Waals surface area contributed by atoms with Crippen molar-refractivity contribution in [1.82, 2.24) is 9.97 Å². The Morgan fingerprint density at radius 1 is 0.950 bits per heavy atom. The Morgan fingerprint density at radius 2 is 1.60 bits per heavy atom. The average Bonchev–Trinajstić information content (AvgIpc) is 2.80. The average molecular weight is 330 g/mol. The minimum Gasteiger partial charge on any atom is -0.457 e. The zero-order valence-electron chi connectivity index (χ0n) is 10.5. The molecule has 1 heterocycles. The molecule has 3 rings (SSSR count). The molecule has 3 N–H and O–H groups in total. The maximum atomic E-state index is 5.74. The van der Waals surface area contributed by atoms with Crippen LogP contribution in [-0.4, -0.2) is 9.97 Å². The third-order valence-electron chi connectivity index (χ3n) is 2.78. The van der Waals surface area contributed by atoms with Crippen molar-refractivity contribution in [1.29, 1.82) is 0 Å². The Bertz CT molecular complexity index is 708. The number of rotatable bonds is 3. The van der Waals surface area contributed by atoms with Crippen LogP contribution in [0.4, 0.5) is 5.95 Å². The topological polar surface area (TPSA) is 63.9 Å². The number of H-pyrrole nitrogens is 1. The van der Waals surface area contributed by atoms with Crippen LogP contribution in [0.3, 0.4) is 0 Å². The fourth-order valence-electron chi connectivity index (χ4n) is 1.87. The van der Waals surface area contributed by atoms with Gasteiger partial charge in [-0.1, -0.05) is 18.2 Å². The van der Waals surface area contributed by atoms with Gasteiger partial charge in [0.2, 0.25) is 0 Å². The van der Waals surface area contributed by atoms with E-state index in [4.69, 9.17) is 10.5 Å². The van der Waals surface area contributed by atoms with Gasteiger partial charge in [-0.25, -0.2) is 4.98 Å². The molecule has 5 heteroatoms. The van der Waals surface area contributed by atoms with E-state index >= 15 is 0 Å². The van der Waals surface area contributed by atoms with Gasteiger partial charge in [0.25, 0.3) is 0 Å². The first-order valence-electron chi connectivity index (χ1n) is 6.07. The van der Waals surface area contributed by atoms with Crippen LogP contribution < -0.4 is 10.5 Å². The summed E-state index contributed by atoms with van der Waals surface area (Å²) in [5.41, 5.74) is 7.38. The molecule has 4 nitrogen and oxygen atoms in total. The predicted molar refractivity (Wildman–Crippen MR) is 82.7 cm³/mol. The molecular formula is C15H12BrN3O. The third-order valence-corrected chi connectivity index (χ3v) is 3.36. The molecule has 0 aliphatic heterocycles. The Kier molecular flexibility index (Phi) is 3.43. The SMILES string of the molecule is Nc1nc(-c2ccc(Oc3ccccc3)cc2)c(Br)[nH]1. The van der Waals surface area contributed by atoms with E-state index in [1.54, 1.807) is 0 Å². The molecule has 20 heavy (non-hydrogen) atoms. The van der Waals surface area contributed by atoms with Crippen molar-refractivity contribution in [2.75, 3.05) is 5.73 Å². The summed E-state index contributed by atoms with van der Waals surface area (Å²) in [6.07, 6.45) is 0. The van der Waals surface area contributed by atoms with Gasteiger partial charge < -0.3 is 15.5 Å². The zero-order valence-corrected chi connectivity index (χ0v) is 12.1. The maximum absolute atomic E-state index is 5.74. The second-order valence-electron chi connectivity index (χ2n) is 4.22. The summed E-state index contributed by atoms with van der Waals surface area (Å²) in [5.74, 6) is 1.97. The van der Waals surface area contributed by atoms with Gasteiger partial charge in [-0.3, -0.25) is 0 Å². The first-order chi connectivity index (χ1) is 9.72. The number of ether oxygens (including phenoxy) is 1. The van der Waals surface area contributed by atoms with Gasteiger partial charge in [-0.15, -0.1) is 0 Å². The van der Waals surface area contributed by atoms with Crippen LogP contribution in [0.25, 0.3) is 11.3 Å². The number of hydrogen-bond donors (Lipinski definition) is 2. The molecular weight excluding hydrogens is 318 g/mol. The molecule has 0 fully saturated rings. The first kappa shape index (κ1) is 12.7. The van der Waals surface area contributed by atoms with Gasteiger partial charge in [-0.05, 0) is 52.3 Å². The highest BCUT2D eigenvalue weighted by Gasteiger charge is 2.08. The molecule has 1 aromatic heterocycles. The van der Waals surface area contributed by atoms with Crippen LogP contribution in [0.1, 0.15) is 0 Å². The number of benzene rings is 2. The summed E-state index contributed by atoms with van der Waals surface area (Å²) in [6, 6.07) is 17.4. The molecule has 0 unspecified atom stereocenters. The number of aromatic nitrogens is 2. The monoisotopic (exact) mass is 329 g/mol. The number of nitrogens with one attached hydrogen (secondary N) is 1. The van der Waals surface area contributed by atoms with Crippen molar-refractivity contribution in [3.05, 3.63) is 59.2 Å². The predicted octanol–water partition coefficient (Wildman–Crippen LogP) is 4.21. The summed E-state index contributed by atoms with van der Waals surface area (Å²) in [7, 11) is 0. The fourth-order valence-corrected chi connectivity index (χ4v) is 2.39. The minimum atomic E-state index is 0.386. The molecule has 0 atom stereocenters. The Balaban J connectivity index is 1.83. The molecule has 0 saturated heterocycles. The van der Waals surface area contributed by atoms with E-state index in [0.717, 1.165) is 27.4 Å². The molecule has 0 radical (unpaired) electrons. The van der Waals surface area contributed by atoms with E-state index in [0.29, 0.717) is 5.95 Å². The van der Waals surface area contributed by atoms with Crippen LogP contribution >= 0.6 is 15.9 Å². The number of hydrogen-bond acceptors (Lipinski definition) is 3. The first-order valence-corrected chi connectivity index (χ1v) is 6.86. The fraction of sp³-hybridized carbons (Fsp3) is 0. The smallest absolute Gasteiger partial charge is 0.198 e. The van der Waals surface area contributed by atoms with Gasteiger partial charge >= 0.3 is 0 Å². The molecule has 2 aromatic carbocycles. The zero-order chi connectivity index (χ0) is 13.9. The lowest BCUT2D eigenvalue weighted by atomic mass is 10.1. The number of anilines is 1. The summed E-state index contributed by atoms with van der Waals surface area (Å²) in [6.45, 7) is 0. The van der Waals surface area contributed by atoms with Crippen molar-refractivity contribution in [2.24, 2.45) is 0 Å². The minimum absolute atomic E-state index is 0.386. The van der Waals surface area contributed by atoms with Crippen molar-refractivity contribution in [3.63, 3.8) is 0 Å². The quantitative estimate of drug-likeness (QED) is 0.756. The molecule has 3 aromatic rings. The van der Waals surface area contributed by atoms with Crippen molar-refractivity contribution >= 4 is 21.9 Å². The molecule has 0 aliphatic carbocycles. The number of para-hydroxylation sites is 1. The molecule has 100 valence electrons. The molecule has 0 saturated carbocycles. The highest BCUT2D eigenvalue weighted by molar-refractivity contribution is 9.10. The van der Waals surface area contributed by atoms with Gasteiger partial charge in [-0.2, -0.15) is 0 Å². The summed E-state index contributed by atoms with van der Waals surface area (Å²) in [5, 5.41) is 0. The Morgan fingerprint density at radius 3 is 2.20 bits per heavy atom. The molecule has 0 spiro atoms. The standard InChI is InChI=1S/C15H12BrN3O/c16-14-13(18-15(17)19-14)10-6-8-12(9-7-10)20-11-4-2-1-3-5-11/h1-9H,(H3,17,18,19). The second-order valence-corrected chi connectivity index (χ2v) is 5.02. The van der Waals surface area contributed by atoms with Gasteiger partial charge in [0.05, 0.1) is 0 Å². The molecule has 0 bridgehead atoms. The molecule has 0 aliphatic rings. The highest BCUT2D eigenvalue weighted by Crippen LogP contribution is 2.29. The van der Waals surface area contributed by atoms with Crippen LogP contribution in [0.2, 0.25) is 0 Å². The van der Waals surface area contributed by atoms with E-state index in [9.17, 15) is 0 Å². The van der Waals surface area contributed by atoms with Crippen LogP contribution in [0.15, 0.2) is 59.2 Å². The molecule has 0 amide bonds. The van der Waals surface area contributed by atoms with E-state index < -0.39 is 0 Å². The number of nitrogens with zero attached hydrogens (tertiary/aromatic N) is 1.